The van der Waals surface area contributed by atoms with Gasteiger partial charge < -0.3 is 15.3 Å². The van der Waals surface area contributed by atoms with Crippen LogP contribution in [0.4, 0.5) is 11.6 Å². The fourth-order valence-electron chi connectivity index (χ4n) is 4.32. The molecule has 0 unspecified atom stereocenters. The number of aryl methyl sites for hydroxylation is 1. The van der Waals surface area contributed by atoms with Crippen LogP contribution in [0.5, 0.6) is 5.75 Å². The van der Waals surface area contributed by atoms with E-state index in [4.69, 9.17) is 11.6 Å². The van der Waals surface area contributed by atoms with Crippen molar-refractivity contribution in [2.24, 2.45) is 0 Å². The normalized spacial score (nSPS) is 12.0. The van der Waals surface area contributed by atoms with Crippen LogP contribution < -0.4 is 5.32 Å². The Labute approximate surface area is 234 Å². The zero-order valence-corrected chi connectivity index (χ0v) is 24.1. The van der Waals surface area contributed by atoms with Crippen LogP contribution in [0, 0.1) is 6.92 Å². The van der Waals surface area contributed by atoms with Gasteiger partial charge in [0, 0.05) is 36.4 Å². The van der Waals surface area contributed by atoms with E-state index in [1.165, 1.54) is 10.4 Å². The van der Waals surface area contributed by atoms with Crippen LogP contribution in [-0.4, -0.2) is 71.1 Å². The van der Waals surface area contributed by atoms with Gasteiger partial charge in [0.1, 0.15) is 11.3 Å². The lowest BCUT2D eigenvalue weighted by Gasteiger charge is -2.23. The SMILES string of the molecule is CCCN(CC)CCN(C)S(=O)(=O)c1ccc(Nc2nnc3cc(-c4cc(O)ccc4Cl)cc(C)c3n2)cc1. The number of phenolic OH excluding ortho intramolecular Hbond substituents is 1. The topological polar surface area (TPSA) is 112 Å². The Morgan fingerprint density at radius 1 is 0.974 bits per heavy atom. The molecule has 0 bridgehead atoms. The number of sulfonamides is 1. The number of nitrogens with one attached hydrogen (secondary N) is 1. The summed E-state index contributed by atoms with van der Waals surface area (Å²) in [6.07, 6.45) is 1.03. The molecule has 0 aliphatic carbocycles. The number of benzene rings is 3. The number of fused-ring (bicyclic) bond motifs is 1. The summed E-state index contributed by atoms with van der Waals surface area (Å²) in [5.41, 5.74) is 4.24. The lowest BCUT2D eigenvalue weighted by molar-refractivity contribution is 0.270. The van der Waals surface area contributed by atoms with E-state index < -0.39 is 10.0 Å². The quantitative estimate of drug-likeness (QED) is 0.245. The Hall–Kier alpha value is -3.31. The monoisotopic (exact) mass is 568 g/mol. The molecule has 0 aliphatic rings. The second kappa shape index (κ2) is 12.3. The molecule has 1 heterocycles. The van der Waals surface area contributed by atoms with E-state index in [2.05, 4.69) is 39.2 Å². The van der Waals surface area contributed by atoms with Crippen molar-refractivity contribution < 1.29 is 13.5 Å². The summed E-state index contributed by atoms with van der Waals surface area (Å²) in [6, 6.07) is 15.1. The minimum Gasteiger partial charge on any atom is -0.508 e. The van der Waals surface area contributed by atoms with Crippen LogP contribution >= 0.6 is 11.6 Å². The molecule has 0 spiro atoms. The molecule has 0 fully saturated rings. The van der Waals surface area contributed by atoms with Crippen molar-refractivity contribution >= 4 is 44.3 Å². The highest BCUT2D eigenvalue weighted by Crippen LogP contribution is 2.33. The molecule has 3 aromatic carbocycles. The summed E-state index contributed by atoms with van der Waals surface area (Å²) >= 11 is 6.34. The van der Waals surface area contributed by atoms with Crippen molar-refractivity contribution in [3.05, 3.63) is 65.2 Å². The third kappa shape index (κ3) is 6.65. The summed E-state index contributed by atoms with van der Waals surface area (Å²) in [4.78, 5) is 7.07. The van der Waals surface area contributed by atoms with E-state index in [-0.39, 0.29) is 16.6 Å². The first kappa shape index (κ1) is 28.7. The van der Waals surface area contributed by atoms with E-state index in [0.717, 1.165) is 30.6 Å². The van der Waals surface area contributed by atoms with Crippen molar-refractivity contribution in [3.8, 4) is 16.9 Å². The van der Waals surface area contributed by atoms with Crippen molar-refractivity contribution in [3.63, 3.8) is 0 Å². The summed E-state index contributed by atoms with van der Waals surface area (Å²) in [5.74, 6) is 0.411. The molecular weight excluding hydrogens is 536 g/mol. The minimum atomic E-state index is -3.60. The molecule has 0 saturated carbocycles. The number of aromatic nitrogens is 3. The second-order valence-electron chi connectivity index (χ2n) is 9.37. The van der Waals surface area contributed by atoms with E-state index in [1.54, 1.807) is 43.4 Å². The van der Waals surface area contributed by atoms with Gasteiger partial charge >= 0.3 is 0 Å². The average molecular weight is 569 g/mol. The van der Waals surface area contributed by atoms with Gasteiger partial charge in [0.15, 0.2) is 0 Å². The number of anilines is 2. The minimum absolute atomic E-state index is 0.122. The number of nitrogens with zero attached hydrogens (tertiary/aromatic N) is 5. The second-order valence-corrected chi connectivity index (χ2v) is 11.8. The molecule has 11 heteroatoms. The van der Waals surface area contributed by atoms with Crippen LogP contribution in [-0.2, 0) is 10.0 Å². The maximum atomic E-state index is 13.0. The molecule has 9 nitrogen and oxygen atoms in total. The molecule has 0 atom stereocenters. The third-order valence-electron chi connectivity index (χ3n) is 6.55. The number of hydrogen-bond donors (Lipinski definition) is 2. The standard InChI is InChI=1S/C28H33ClN6O3S/c1-5-13-35(6-2)15-14-34(4)39(37,38)23-10-7-21(8-11-23)30-28-31-27-19(3)16-20(17-26(27)32-33-28)24-18-22(36)9-12-25(24)29/h7-12,16-18,36H,5-6,13-15H2,1-4H3,(H,30,31,33). The molecule has 206 valence electrons. The Kier molecular flexibility index (Phi) is 9.01. The predicted octanol–water partition coefficient (Wildman–Crippen LogP) is 5.46. The van der Waals surface area contributed by atoms with E-state index >= 15 is 0 Å². The van der Waals surface area contributed by atoms with Crippen molar-refractivity contribution in [1.82, 2.24) is 24.4 Å². The Bertz CT molecular complexity index is 1560. The van der Waals surface area contributed by atoms with Crippen LogP contribution in [0.1, 0.15) is 25.8 Å². The lowest BCUT2D eigenvalue weighted by Crippen LogP contribution is -2.36. The molecule has 1 aromatic heterocycles. The first-order chi connectivity index (χ1) is 18.6. The summed E-state index contributed by atoms with van der Waals surface area (Å²) in [6.45, 7) is 9.06. The van der Waals surface area contributed by atoms with Crippen LogP contribution in [0.3, 0.4) is 0 Å². The van der Waals surface area contributed by atoms with Gasteiger partial charge in [0.25, 0.3) is 0 Å². The molecule has 0 radical (unpaired) electrons. The Morgan fingerprint density at radius 2 is 1.72 bits per heavy atom. The van der Waals surface area contributed by atoms with Gasteiger partial charge in [-0.05, 0) is 92.2 Å². The van der Waals surface area contributed by atoms with Gasteiger partial charge in [-0.15, -0.1) is 10.2 Å². The number of likely N-dealkylation sites (N-methyl/N-ethyl adjacent to an activating group) is 2. The van der Waals surface area contributed by atoms with E-state index in [1.807, 2.05) is 19.1 Å². The zero-order valence-electron chi connectivity index (χ0n) is 22.5. The molecule has 0 aliphatic heterocycles. The summed E-state index contributed by atoms with van der Waals surface area (Å²) in [5, 5.41) is 22.0. The van der Waals surface area contributed by atoms with Gasteiger partial charge in [0.2, 0.25) is 16.0 Å². The Morgan fingerprint density at radius 3 is 2.41 bits per heavy atom. The molecule has 2 N–H and O–H groups in total. The fraction of sp³-hybridized carbons (Fsp3) is 0.321. The molecular formula is C28H33ClN6O3S. The number of phenols is 1. The summed E-state index contributed by atoms with van der Waals surface area (Å²) < 4.78 is 27.5. The number of halogens is 1. The maximum absolute atomic E-state index is 13.0. The highest BCUT2D eigenvalue weighted by molar-refractivity contribution is 7.89. The number of hydrogen-bond acceptors (Lipinski definition) is 8. The van der Waals surface area contributed by atoms with E-state index in [9.17, 15) is 13.5 Å². The number of rotatable bonds is 11. The third-order valence-corrected chi connectivity index (χ3v) is 8.75. The molecule has 39 heavy (non-hydrogen) atoms. The van der Waals surface area contributed by atoms with Crippen LogP contribution in [0.25, 0.3) is 22.2 Å². The van der Waals surface area contributed by atoms with Gasteiger partial charge in [0.05, 0.1) is 10.4 Å². The molecule has 4 aromatic rings. The summed E-state index contributed by atoms with van der Waals surface area (Å²) in [7, 11) is -2.00. The van der Waals surface area contributed by atoms with Gasteiger partial charge in [-0.1, -0.05) is 25.4 Å². The van der Waals surface area contributed by atoms with Crippen LogP contribution in [0.15, 0.2) is 59.5 Å². The van der Waals surface area contributed by atoms with Gasteiger partial charge in [-0.25, -0.2) is 13.4 Å². The smallest absolute Gasteiger partial charge is 0.247 e. The molecule has 4 rings (SSSR count). The average Bonchev–Trinajstić information content (AvgIpc) is 2.92. The van der Waals surface area contributed by atoms with Gasteiger partial charge in [-0.3, -0.25) is 0 Å². The van der Waals surface area contributed by atoms with Crippen LogP contribution in [0.2, 0.25) is 5.02 Å². The lowest BCUT2D eigenvalue weighted by atomic mass is 10.0. The van der Waals surface area contributed by atoms with E-state index in [0.29, 0.717) is 40.4 Å². The maximum Gasteiger partial charge on any atom is 0.247 e. The highest BCUT2D eigenvalue weighted by atomic mass is 35.5. The Balaban J connectivity index is 1.49. The van der Waals surface area contributed by atoms with Gasteiger partial charge in [-0.2, -0.15) is 4.31 Å². The first-order valence-electron chi connectivity index (χ1n) is 12.8. The van der Waals surface area contributed by atoms with Crippen molar-refractivity contribution in [1.29, 1.82) is 0 Å². The highest BCUT2D eigenvalue weighted by Gasteiger charge is 2.21. The first-order valence-corrected chi connectivity index (χ1v) is 14.6. The number of aromatic hydroxyl groups is 1. The fourth-order valence-corrected chi connectivity index (χ4v) is 5.71. The largest absolute Gasteiger partial charge is 0.508 e. The molecule has 0 amide bonds. The predicted molar refractivity (Wildman–Crippen MR) is 156 cm³/mol. The zero-order chi connectivity index (χ0) is 28.2. The molecule has 0 saturated heterocycles. The van der Waals surface area contributed by atoms with Crippen molar-refractivity contribution in [2.75, 3.05) is 38.5 Å². The van der Waals surface area contributed by atoms with Crippen molar-refractivity contribution in [2.45, 2.75) is 32.1 Å².